The molecule has 0 aliphatic heterocycles. The molecule has 6 heteroatoms. The van der Waals surface area contributed by atoms with Crippen molar-refractivity contribution in [2.24, 2.45) is 0 Å². The molecule has 1 heterocycles. The molecule has 98 valence electrons. The lowest BCUT2D eigenvalue weighted by Crippen LogP contribution is -1.92. The van der Waals surface area contributed by atoms with Crippen LogP contribution in [0.5, 0.6) is 0 Å². The van der Waals surface area contributed by atoms with Crippen LogP contribution in [0.25, 0.3) is 22.2 Å². The third-order valence-corrected chi connectivity index (χ3v) is 3.60. The van der Waals surface area contributed by atoms with E-state index in [4.69, 9.17) is 0 Å². The Morgan fingerprint density at radius 2 is 1.95 bits per heavy atom. The van der Waals surface area contributed by atoms with Crippen LogP contribution in [0, 0.1) is 13.7 Å². The third kappa shape index (κ3) is 2.34. The molecule has 2 aromatic carbocycles. The number of aromatic nitrogens is 2. The summed E-state index contributed by atoms with van der Waals surface area (Å²) in [7, 11) is 0. The first-order valence-electron chi connectivity index (χ1n) is 5.80. The normalized spacial score (nSPS) is 10.7. The van der Waals surface area contributed by atoms with Crippen molar-refractivity contribution >= 4 is 39.2 Å². The van der Waals surface area contributed by atoms with E-state index in [0.29, 0.717) is 16.6 Å². The van der Waals surface area contributed by atoms with Gasteiger partial charge in [-0.3, -0.25) is 10.1 Å². The van der Waals surface area contributed by atoms with Gasteiger partial charge in [-0.15, -0.1) is 0 Å². The minimum absolute atomic E-state index is 0.0409. The van der Waals surface area contributed by atoms with Crippen molar-refractivity contribution in [2.75, 3.05) is 0 Å². The van der Waals surface area contributed by atoms with Crippen LogP contribution in [-0.4, -0.2) is 14.9 Å². The van der Waals surface area contributed by atoms with E-state index in [9.17, 15) is 10.1 Å². The summed E-state index contributed by atoms with van der Waals surface area (Å²) in [5, 5.41) is 11.6. The first-order chi connectivity index (χ1) is 9.65. The summed E-state index contributed by atoms with van der Waals surface area (Å²) in [5.41, 5.74) is 2.36. The zero-order valence-corrected chi connectivity index (χ0v) is 12.3. The van der Waals surface area contributed by atoms with Crippen molar-refractivity contribution in [1.82, 2.24) is 9.97 Å². The topological polar surface area (TPSA) is 68.9 Å². The summed E-state index contributed by atoms with van der Waals surface area (Å²) >= 11 is 2.22. The maximum absolute atomic E-state index is 10.9. The molecule has 0 unspecified atom stereocenters. The molecule has 1 aromatic heterocycles. The highest BCUT2D eigenvalue weighted by Crippen LogP contribution is 2.28. The number of hydrogen-bond donors (Lipinski definition) is 0. The van der Waals surface area contributed by atoms with Crippen molar-refractivity contribution in [3.8, 4) is 11.3 Å². The molecule has 0 N–H and O–H groups in total. The number of benzene rings is 2. The van der Waals surface area contributed by atoms with Gasteiger partial charge in [0, 0.05) is 26.7 Å². The highest BCUT2D eigenvalue weighted by molar-refractivity contribution is 14.1. The largest absolute Gasteiger partial charge is 0.270 e. The molecule has 0 saturated heterocycles. The van der Waals surface area contributed by atoms with Crippen LogP contribution in [0.1, 0.15) is 0 Å². The van der Waals surface area contributed by atoms with Gasteiger partial charge in [0.25, 0.3) is 5.69 Å². The SMILES string of the molecule is O=[N+]([O-])c1ccc2ncnc(-c3cccc(I)c3)c2c1. The molecular formula is C14H8IN3O2. The summed E-state index contributed by atoms with van der Waals surface area (Å²) in [6.07, 6.45) is 1.48. The molecule has 5 nitrogen and oxygen atoms in total. The Balaban J connectivity index is 2.29. The maximum atomic E-state index is 10.9. The summed E-state index contributed by atoms with van der Waals surface area (Å²) in [4.78, 5) is 18.9. The maximum Gasteiger partial charge on any atom is 0.270 e. The molecule has 3 aromatic rings. The Morgan fingerprint density at radius 3 is 2.70 bits per heavy atom. The highest BCUT2D eigenvalue weighted by atomic mass is 127. The van der Waals surface area contributed by atoms with E-state index in [0.717, 1.165) is 9.13 Å². The van der Waals surface area contributed by atoms with E-state index in [2.05, 4.69) is 32.6 Å². The minimum Gasteiger partial charge on any atom is -0.258 e. The van der Waals surface area contributed by atoms with Gasteiger partial charge in [-0.1, -0.05) is 12.1 Å². The highest BCUT2D eigenvalue weighted by Gasteiger charge is 2.12. The average molecular weight is 377 g/mol. The smallest absolute Gasteiger partial charge is 0.258 e. The summed E-state index contributed by atoms with van der Waals surface area (Å²) in [6, 6.07) is 12.5. The van der Waals surface area contributed by atoms with Crippen LogP contribution in [0.2, 0.25) is 0 Å². The van der Waals surface area contributed by atoms with E-state index >= 15 is 0 Å². The van der Waals surface area contributed by atoms with Crippen LogP contribution in [0.4, 0.5) is 5.69 Å². The average Bonchev–Trinajstić information content (AvgIpc) is 2.46. The molecule has 0 amide bonds. The van der Waals surface area contributed by atoms with Gasteiger partial charge in [0.15, 0.2) is 0 Å². The van der Waals surface area contributed by atoms with Gasteiger partial charge in [-0.05, 0) is 40.8 Å². The Labute approximate surface area is 128 Å². The third-order valence-electron chi connectivity index (χ3n) is 2.93. The van der Waals surface area contributed by atoms with Crippen molar-refractivity contribution in [3.05, 3.63) is 62.5 Å². The second kappa shape index (κ2) is 5.12. The zero-order chi connectivity index (χ0) is 14.1. The predicted molar refractivity (Wildman–Crippen MR) is 84.3 cm³/mol. The van der Waals surface area contributed by atoms with Gasteiger partial charge in [0.05, 0.1) is 16.1 Å². The number of nitro groups is 1. The van der Waals surface area contributed by atoms with Crippen molar-refractivity contribution in [2.45, 2.75) is 0 Å². The molecule has 0 fully saturated rings. The van der Waals surface area contributed by atoms with Crippen LogP contribution in [-0.2, 0) is 0 Å². The van der Waals surface area contributed by atoms with Crippen LogP contribution in [0.3, 0.4) is 0 Å². The molecule has 0 radical (unpaired) electrons. The second-order valence-electron chi connectivity index (χ2n) is 4.19. The van der Waals surface area contributed by atoms with E-state index in [1.807, 2.05) is 24.3 Å². The van der Waals surface area contributed by atoms with E-state index < -0.39 is 4.92 Å². The number of rotatable bonds is 2. The van der Waals surface area contributed by atoms with Gasteiger partial charge in [-0.25, -0.2) is 9.97 Å². The van der Waals surface area contributed by atoms with Crippen LogP contribution < -0.4 is 0 Å². The molecule has 0 bridgehead atoms. The van der Waals surface area contributed by atoms with Gasteiger partial charge >= 0.3 is 0 Å². The van der Waals surface area contributed by atoms with Crippen molar-refractivity contribution in [1.29, 1.82) is 0 Å². The summed E-state index contributed by atoms with van der Waals surface area (Å²) in [5.74, 6) is 0. The quantitative estimate of drug-likeness (QED) is 0.387. The molecule has 0 aliphatic carbocycles. The standard InChI is InChI=1S/C14H8IN3O2/c15-10-3-1-2-9(6-10)14-12-7-11(18(19)20)4-5-13(12)16-8-17-14/h1-8H. The molecular weight excluding hydrogens is 369 g/mol. The van der Waals surface area contributed by atoms with Gasteiger partial charge in [0.2, 0.25) is 0 Å². The van der Waals surface area contributed by atoms with Gasteiger partial charge in [0.1, 0.15) is 6.33 Å². The zero-order valence-electron chi connectivity index (χ0n) is 10.2. The van der Waals surface area contributed by atoms with Crippen molar-refractivity contribution < 1.29 is 4.92 Å². The number of hydrogen-bond acceptors (Lipinski definition) is 4. The Hall–Kier alpha value is -2.09. The summed E-state index contributed by atoms with van der Waals surface area (Å²) in [6.45, 7) is 0. The van der Waals surface area contributed by atoms with Gasteiger partial charge < -0.3 is 0 Å². The Morgan fingerprint density at radius 1 is 1.10 bits per heavy atom. The molecule has 0 saturated carbocycles. The van der Waals surface area contributed by atoms with Gasteiger partial charge in [-0.2, -0.15) is 0 Å². The Bertz CT molecular complexity index is 820. The van der Waals surface area contributed by atoms with Crippen molar-refractivity contribution in [3.63, 3.8) is 0 Å². The fourth-order valence-corrected chi connectivity index (χ4v) is 2.57. The molecule has 3 rings (SSSR count). The molecule has 20 heavy (non-hydrogen) atoms. The lowest BCUT2D eigenvalue weighted by molar-refractivity contribution is -0.384. The second-order valence-corrected chi connectivity index (χ2v) is 5.44. The number of nitro benzene ring substituents is 1. The molecule has 0 atom stereocenters. The first kappa shape index (κ1) is 12.9. The minimum atomic E-state index is -0.412. The fraction of sp³-hybridized carbons (Fsp3) is 0. The predicted octanol–water partition coefficient (Wildman–Crippen LogP) is 3.81. The molecule has 0 spiro atoms. The van der Waals surface area contributed by atoms with Crippen LogP contribution in [0.15, 0.2) is 48.8 Å². The molecule has 0 aliphatic rings. The first-order valence-corrected chi connectivity index (χ1v) is 6.88. The monoisotopic (exact) mass is 377 g/mol. The number of nitrogens with zero attached hydrogens (tertiary/aromatic N) is 3. The summed E-state index contributed by atoms with van der Waals surface area (Å²) < 4.78 is 1.08. The lowest BCUT2D eigenvalue weighted by atomic mass is 10.1. The van der Waals surface area contributed by atoms with E-state index in [1.165, 1.54) is 18.5 Å². The Kier molecular flexibility index (Phi) is 3.31. The van der Waals surface area contributed by atoms with E-state index in [-0.39, 0.29) is 5.69 Å². The lowest BCUT2D eigenvalue weighted by Gasteiger charge is -2.05. The number of halogens is 1. The number of fused-ring (bicyclic) bond motifs is 1. The number of non-ortho nitro benzene ring substituents is 1. The van der Waals surface area contributed by atoms with Crippen LogP contribution >= 0.6 is 22.6 Å². The fourth-order valence-electron chi connectivity index (χ4n) is 2.02. The van der Waals surface area contributed by atoms with E-state index in [1.54, 1.807) is 6.07 Å².